The van der Waals surface area contributed by atoms with E-state index >= 15 is 0 Å². The average Bonchev–Trinajstić information content (AvgIpc) is 3.01. The van der Waals surface area contributed by atoms with Gasteiger partial charge in [0.1, 0.15) is 16.9 Å². The van der Waals surface area contributed by atoms with E-state index in [1.54, 1.807) is 0 Å². The van der Waals surface area contributed by atoms with Crippen LogP contribution in [0.3, 0.4) is 0 Å². The normalized spacial score (nSPS) is 11.6. The molecule has 5 heteroatoms. The van der Waals surface area contributed by atoms with E-state index < -0.39 is 0 Å². The molecule has 3 rings (SSSR count). The summed E-state index contributed by atoms with van der Waals surface area (Å²) in [6.45, 7) is 6.97. The molecule has 0 radical (unpaired) electrons. The minimum Gasteiger partial charge on any atom is -0.381 e. The Morgan fingerprint density at radius 3 is 2.68 bits per heavy atom. The molecule has 5 nitrogen and oxygen atoms in total. The molecule has 0 amide bonds. The standard InChI is InChI=1S/C20H28N4O/c1-3-5-10-18-23-17-15-22-16-9-7-11-21-19(16)20(17)24(18)12-8-14-25-13-6-4-2/h7,9,11,15H,3-6,8,10,12-14H2,1-2H3. The van der Waals surface area contributed by atoms with Gasteiger partial charge in [-0.05, 0) is 31.4 Å². The third kappa shape index (κ3) is 4.15. The first-order chi connectivity index (χ1) is 12.3. The number of nitrogens with zero attached hydrogens (tertiary/aromatic N) is 4. The summed E-state index contributed by atoms with van der Waals surface area (Å²) >= 11 is 0. The Hall–Kier alpha value is -2.01. The van der Waals surface area contributed by atoms with E-state index in [4.69, 9.17) is 9.72 Å². The minimum absolute atomic E-state index is 0.795. The number of aryl methyl sites for hydroxylation is 2. The fraction of sp³-hybridized carbons (Fsp3) is 0.550. The zero-order valence-electron chi connectivity index (χ0n) is 15.4. The highest BCUT2D eigenvalue weighted by molar-refractivity contribution is 5.99. The number of fused-ring (bicyclic) bond motifs is 3. The van der Waals surface area contributed by atoms with Crippen LogP contribution in [0.4, 0.5) is 0 Å². The molecule has 0 fully saturated rings. The highest BCUT2D eigenvalue weighted by Crippen LogP contribution is 2.24. The topological polar surface area (TPSA) is 52.8 Å². The first kappa shape index (κ1) is 17.8. The van der Waals surface area contributed by atoms with Gasteiger partial charge in [0, 0.05) is 32.4 Å². The number of hydrogen-bond acceptors (Lipinski definition) is 4. The molecule has 0 saturated carbocycles. The number of aromatic nitrogens is 4. The predicted octanol–water partition coefficient (Wildman–Crippen LogP) is 4.53. The van der Waals surface area contributed by atoms with E-state index in [-0.39, 0.29) is 0 Å². The van der Waals surface area contributed by atoms with Crippen LogP contribution in [-0.4, -0.2) is 32.7 Å². The molecule has 134 valence electrons. The molecular weight excluding hydrogens is 312 g/mol. The average molecular weight is 340 g/mol. The van der Waals surface area contributed by atoms with E-state index in [9.17, 15) is 0 Å². The molecule has 0 aliphatic rings. The van der Waals surface area contributed by atoms with Gasteiger partial charge in [-0.3, -0.25) is 9.97 Å². The van der Waals surface area contributed by atoms with Gasteiger partial charge in [0.15, 0.2) is 0 Å². The van der Waals surface area contributed by atoms with Gasteiger partial charge in [0.2, 0.25) is 0 Å². The molecule has 0 saturated heterocycles. The third-order valence-corrected chi connectivity index (χ3v) is 4.48. The maximum absolute atomic E-state index is 5.73. The molecule has 0 spiro atoms. The van der Waals surface area contributed by atoms with Crippen molar-refractivity contribution in [3.05, 3.63) is 30.4 Å². The van der Waals surface area contributed by atoms with Crippen LogP contribution in [0.15, 0.2) is 24.5 Å². The Bertz CT molecular complexity index is 812. The molecule has 0 bridgehead atoms. The summed E-state index contributed by atoms with van der Waals surface area (Å²) in [6, 6.07) is 3.94. The second kappa shape index (κ2) is 8.90. The number of imidazole rings is 1. The van der Waals surface area contributed by atoms with Gasteiger partial charge in [-0.1, -0.05) is 26.7 Å². The van der Waals surface area contributed by atoms with E-state index in [0.29, 0.717) is 0 Å². The van der Waals surface area contributed by atoms with Crippen molar-refractivity contribution in [2.75, 3.05) is 13.2 Å². The molecule has 0 aromatic carbocycles. The minimum atomic E-state index is 0.795. The van der Waals surface area contributed by atoms with Crippen LogP contribution in [0.1, 0.15) is 51.8 Å². The van der Waals surface area contributed by atoms with E-state index in [1.165, 1.54) is 12.8 Å². The zero-order valence-corrected chi connectivity index (χ0v) is 15.4. The third-order valence-electron chi connectivity index (χ3n) is 4.48. The highest BCUT2D eigenvalue weighted by atomic mass is 16.5. The fourth-order valence-corrected chi connectivity index (χ4v) is 3.11. The number of pyridine rings is 2. The largest absolute Gasteiger partial charge is 0.381 e. The zero-order chi connectivity index (χ0) is 17.5. The first-order valence-corrected chi connectivity index (χ1v) is 9.51. The lowest BCUT2D eigenvalue weighted by Gasteiger charge is -2.10. The second-order valence-corrected chi connectivity index (χ2v) is 6.47. The van der Waals surface area contributed by atoms with Gasteiger partial charge < -0.3 is 9.30 Å². The Balaban J connectivity index is 1.87. The molecule has 0 aliphatic carbocycles. The van der Waals surface area contributed by atoms with Gasteiger partial charge in [-0.25, -0.2) is 4.98 Å². The molecule has 0 unspecified atom stereocenters. The molecule has 0 N–H and O–H groups in total. The van der Waals surface area contributed by atoms with Crippen molar-refractivity contribution in [2.24, 2.45) is 0 Å². The quantitative estimate of drug-likeness (QED) is 0.509. The van der Waals surface area contributed by atoms with Gasteiger partial charge in [0.25, 0.3) is 0 Å². The van der Waals surface area contributed by atoms with Crippen molar-refractivity contribution in [1.29, 1.82) is 0 Å². The molecule has 3 heterocycles. The maximum atomic E-state index is 5.73. The van der Waals surface area contributed by atoms with Crippen molar-refractivity contribution in [1.82, 2.24) is 19.5 Å². The van der Waals surface area contributed by atoms with Crippen LogP contribution < -0.4 is 0 Å². The van der Waals surface area contributed by atoms with Crippen molar-refractivity contribution >= 4 is 22.1 Å². The van der Waals surface area contributed by atoms with E-state index in [2.05, 4.69) is 28.4 Å². The van der Waals surface area contributed by atoms with Crippen molar-refractivity contribution in [2.45, 2.75) is 58.9 Å². The van der Waals surface area contributed by atoms with Crippen LogP contribution in [-0.2, 0) is 17.7 Å². The number of ether oxygens (including phenoxy) is 1. The fourth-order valence-electron chi connectivity index (χ4n) is 3.11. The van der Waals surface area contributed by atoms with Gasteiger partial charge in [0.05, 0.1) is 17.2 Å². The lowest BCUT2D eigenvalue weighted by molar-refractivity contribution is 0.126. The van der Waals surface area contributed by atoms with Crippen molar-refractivity contribution < 1.29 is 4.74 Å². The Labute approximate surface area is 149 Å². The van der Waals surface area contributed by atoms with Gasteiger partial charge in [-0.2, -0.15) is 0 Å². The maximum Gasteiger partial charge on any atom is 0.115 e. The molecule has 25 heavy (non-hydrogen) atoms. The Morgan fingerprint density at radius 1 is 1.00 bits per heavy atom. The van der Waals surface area contributed by atoms with Crippen LogP contribution in [0.2, 0.25) is 0 Å². The van der Waals surface area contributed by atoms with Gasteiger partial charge in [-0.15, -0.1) is 0 Å². The summed E-state index contributed by atoms with van der Waals surface area (Å²) in [5.41, 5.74) is 3.94. The van der Waals surface area contributed by atoms with Crippen LogP contribution in [0.5, 0.6) is 0 Å². The van der Waals surface area contributed by atoms with Crippen molar-refractivity contribution in [3.63, 3.8) is 0 Å². The smallest absolute Gasteiger partial charge is 0.115 e. The van der Waals surface area contributed by atoms with Crippen LogP contribution in [0, 0.1) is 0 Å². The predicted molar refractivity (Wildman–Crippen MR) is 102 cm³/mol. The van der Waals surface area contributed by atoms with Crippen molar-refractivity contribution in [3.8, 4) is 0 Å². The summed E-state index contributed by atoms with van der Waals surface area (Å²) in [4.78, 5) is 13.9. The summed E-state index contributed by atoms with van der Waals surface area (Å²) in [5.74, 6) is 1.14. The monoisotopic (exact) mass is 340 g/mol. The van der Waals surface area contributed by atoms with Crippen LogP contribution >= 0.6 is 0 Å². The van der Waals surface area contributed by atoms with Crippen LogP contribution in [0.25, 0.3) is 22.1 Å². The first-order valence-electron chi connectivity index (χ1n) is 9.51. The Kier molecular flexibility index (Phi) is 6.34. The SMILES string of the molecule is CCCCOCCCn1c(CCCC)nc2cnc3cccnc3c21. The summed E-state index contributed by atoms with van der Waals surface area (Å²) < 4.78 is 8.07. The number of hydrogen-bond donors (Lipinski definition) is 0. The summed E-state index contributed by atoms with van der Waals surface area (Å²) in [5, 5.41) is 0. The summed E-state index contributed by atoms with van der Waals surface area (Å²) in [7, 11) is 0. The lowest BCUT2D eigenvalue weighted by atomic mass is 10.2. The summed E-state index contributed by atoms with van der Waals surface area (Å²) in [6.07, 6.45) is 10.3. The molecular formula is C20H28N4O. The number of rotatable bonds is 10. The second-order valence-electron chi connectivity index (χ2n) is 6.47. The molecule has 3 aromatic heterocycles. The molecule has 3 aromatic rings. The van der Waals surface area contributed by atoms with E-state index in [1.807, 2.05) is 24.5 Å². The van der Waals surface area contributed by atoms with Gasteiger partial charge >= 0.3 is 0 Å². The molecule has 0 aliphatic heterocycles. The highest BCUT2D eigenvalue weighted by Gasteiger charge is 2.14. The number of unbranched alkanes of at least 4 members (excludes halogenated alkanes) is 2. The molecule has 0 atom stereocenters. The lowest BCUT2D eigenvalue weighted by Crippen LogP contribution is -2.08. The van der Waals surface area contributed by atoms with E-state index in [0.717, 1.165) is 73.3 Å². The Morgan fingerprint density at radius 2 is 1.84 bits per heavy atom.